The van der Waals surface area contributed by atoms with Gasteiger partial charge in [-0.2, -0.15) is 0 Å². The summed E-state index contributed by atoms with van der Waals surface area (Å²) in [5.41, 5.74) is 1.01. The molecule has 0 saturated carbocycles. The van der Waals surface area contributed by atoms with E-state index >= 15 is 0 Å². The van der Waals surface area contributed by atoms with Crippen molar-refractivity contribution in [3.05, 3.63) is 11.1 Å². The molecule has 0 saturated heterocycles. The third kappa shape index (κ3) is 3.42. The van der Waals surface area contributed by atoms with Gasteiger partial charge in [0.1, 0.15) is 0 Å². The largest absolute Gasteiger partial charge is 0.361 e. The molecule has 0 unspecified atom stereocenters. The summed E-state index contributed by atoms with van der Waals surface area (Å²) in [5.74, 6) is 0.0424. The van der Waals surface area contributed by atoms with Crippen molar-refractivity contribution in [3.63, 3.8) is 0 Å². The molecule has 13 heavy (non-hydrogen) atoms. The highest BCUT2D eigenvalue weighted by Crippen LogP contribution is 2.13. The minimum absolute atomic E-state index is 0.0424. The van der Waals surface area contributed by atoms with Crippen molar-refractivity contribution in [2.75, 3.05) is 18.9 Å². The van der Waals surface area contributed by atoms with Crippen LogP contribution in [0.15, 0.2) is 5.38 Å². The van der Waals surface area contributed by atoms with E-state index in [9.17, 15) is 4.79 Å². The molecule has 0 aliphatic rings. The summed E-state index contributed by atoms with van der Waals surface area (Å²) in [7, 11) is 1.63. The normalized spacial score (nSPS) is 9.69. The molecule has 0 atom stereocenters. The molecule has 1 amide bonds. The maximum atomic E-state index is 10.8. The Hall–Kier alpha value is -1.10. The molecule has 0 bridgehead atoms. The van der Waals surface area contributed by atoms with Gasteiger partial charge in [0, 0.05) is 25.4 Å². The molecule has 0 aromatic carbocycles. The van der Waals surface area contributed by atoms with E-state index in [4.69, 9.17) is 0 Å². The molecule has 72 valence electrons. The fourth-order valence-electron chi connectivity index (χ4n) is 0.843. The van der Waals surface area contributed by atoms with Gasteiger partial charge < -0.3 is 10.6 Å². The third-order valence-corrected chi connectivity index (χ3v) is 2.44. The zero-order chi connectivity index (χ0) is 9.68. The molecule has 0 aliphatic carbocycles. The molecule has 5 heteroatoms. The number of nitrogens with zero attached hydrogens (tertiary/aromatic N) is 1. The first kappa shape index (κ1) is 9.98. The molecule has 0 radical (unpaired) electrons. The van der Waals surface area contributed by atoms with Crippen molar-refractivity contribution in [1.29, 1.82) is 0 Å². The Labute approximate surface area is 81.4 Å². The van der Waals surface area contributed by atoms with E-state index in [0.29, 0.717) is 13.0 Å². The highest BCUT2D eigenvalue weighted by atomic mass is 32.1. The number of aryl methyl sites for hydroxylation is 1. The molecule has 1 rings (SSSR count). The lowest BCUT2D eigenvalue weighted by Crippen LogP contribution is -2.20. The average molecular weight is 199 g/mol. The van der Waals surface area contributed by atoms with Crippen LogP contribution in [-0.4, -0.2) is 24.5 Å². The first-order chi connectivity index (χ1) is 6.22. The van der Waals surface area contributed by atoms with Gasteiger partial charge in [0.15, 0.2) is 5.13 Å². The Bertz CT molecular complexity index is 285. The summed E-state index contributed by atoms with van der Waals surface area (Å²) in [6.45, 7) is 2.58. The number of rotatable bonds is 4. The van der Waals surface area contributed by atoms with Crippen molar-refractivity contribution < 1.29 is 4.79 Å². The van der Waals surface area contributed by atoms with Crippen LogP contribution < -0.4 is 10.6 Å². The predicted molar refractivity (Wildman–Crippen MR) is 54.0 cm³/mol. The molecular formula is C8H13N3OS. The minimum atomic E-state index is 0.0424. The van der Waals surface area contributed by atoms with E-state index in [2.05, 4.69) is 15.6 Å². The van der Waals surface area contributed by atoms with Crippen LogP contribution in [0.2, 0.25) is 0 Å². The Kier molecular flexibility index (Phi) is 3.70. The Morgan fingerprint density at radius 2 is 2.46 bits per heavy atom. The molecule has 0 fully saturated rings. The van der Waals surface area contributed by atoms with Gasteiger partial charge in [0.2, 0.25) is 5.91 Å². The standard InChI is InChI=1S/C8H13N3OS/c1-6-5-13-8(11-6)10-4-3-7(12)9-2/h5H,3-4H2,1-2H3,(H,9,12)(H,10,11). The number of carbonyl (C=O) groups is 1. The minimum Gasteiger partial charge on any atom is -0.361 e. The van der Waals surface area contributed by atoms with Gasteiger partial charge in [-0.3, -0.25) is 4.79 Å². The van der Waals surface area contributed by atoms with Gasteiger partial charge in [-0.25, -0.2) is 4.98 Å². The van der Waals surface area contributed by atoms with Crippen molar-refractivity contribution in [3.8, 4) is 0 Å². The summed E-state index contributed by atoms with van der Waals surface area (Å²) in [6, 6.07) is 0. The van der Waals surface area contributed by atoms with E-state index in [1.54, 1.807) is 18.4 Å². The molecule has 0 spiro atoms. The average Bonchev–Trinajstić information content (AvgIpc) is 2.51. The van der Waals surface area contributed by atoms with E-state index in [1.165, 1.54) is 0 Å². The summed E-state index contributed by atoms with van der Waals surface area (Å²) in [5, 5.41) is 8.49. The van der Waals surface area contributed by atoms with Crippen LogP contribution in [0.5, 0.6) is 0 Å². The summed E-state index contributed by atoms with van der Waals surface area (Å²) in [4.78, 5) is 15.0. The highest BCUT2D eigenvalue weighted by Gasteiger charge is 1.99. The van der Waals surface area contributed by atoms with Crippen LogP contribution in [-0.2, 0) is 4.79 Å². The van der Waals surface area contributed by atoms with Crippen LogP contribution in [0.1, 0.15) is 12.1 Å². The van der Waals surface area contributed by atoms with E-state index in [-0.39, 0.29) is 5.91 Å². The molecular weight excluding hydrogens is 186 g/mol. The molecule has 1 aromatic rings. The quantitative estimate of drug-likeness (QED) is 0.760. The van der Waals surface area contributed by atoms with Crippen molar-refractivity contribution in [2.24, 2.45) is 0 Å². The van der Waals surface area contributed by atoms with Crippen LogP contribution in [0, 0.1) is 6.92 Å². The van der Waals surface area contributed by atoms with Crippen molar-refractivity contribution in [1.82, 2.24) is 10.3 Å². The molecule has 0 aliphatic heterocycles. The lowest BCUT2D eigenvalue weighted by atomic mass is 10.4. The van der Waals surface area contributed by atoms with Gasteiger partial charge in [0.05, 0.1) is 5.69 Å². The lowest BCUT2D eigenvalue weighted by Gasteiger charge is -2.00. The number of nitrogens with one attached hydrogen (secondary N) is 2. The summed E-state index contributed by atoms with van der Waals surface area (Å²) < 4.78 is 0. The zero-order valence-electron chi connectivity index (χ0n) is 7.76. The van der Waals surface area contributed by atoms with Gasteiger partial charge in [-0.05, 0) is 6.92 Å². The highest BCUT2D eigenvalue weighted by molar-refractivity contribution is 7.13. The third-order valence-electron chi connectivity index (χ3n) is 1.53. The maximum absolute atomic E-state index is 10.8. The van der Waals surface area contributed by atoms with Gasteiger partial charge in [-0.15, -0.1) is 11.3 Å². The lowest BCUT2D eigenvalue weighted by molar-refractivity contribution is -0.120. The number of anilines is 1. The van der Waals surface area contributed by atoms with Gasteiger partial charge in [-0.1, -0.05) is 0 Å². The number of hydrogen-bond acceptors (Lipinski definition) is 4. The first-order valence-electron chi connectivity index (χ1n) is 4.09. The Morgan fingerprint density at radius 1 is 1.69 bits per heavy atom. The predicted octanol–water partition coefficient (Wildman–Crippen LogP) is 1.000. The number of hydrogen-bond donors (Lipinski definition) is 2. The Morgan fingerprint density at radius 3 is 3.00 bits per heavy atom. The number of aromatic nitrogens is 1. The van der Waals surface area contributed by atoms with E-state index < -0.39 is 0 Å². The maximum Gasteiger partial charge on any atom is 0.221 e. The molecule has 4 nitrogen and oxygen atoms in total. The fraction of sp³-hybridized carbons (Fsp3) is 0.500. The second-order valence-electron chi connectivity index (χ2n) is 2.64. The Balaban J connectivity index is 2.24. The smallest absolute Gasteiger partial charge is 0.221 e. The molecule has 2 N–H and O–H groups in total. The summed E-state index contributed by atoms with van der Waals surface area (Å²) >= 11 is 1.55. The van der Waals surface area contributed by atoms with E-state index in [1.807, 2.05) is 12.3 Å². The van der Waals surface area contributed by atoms with Crippen LogP contribution in [0.3, 0.4) is 0 Å². The monoisotopic (exact) mass is 199 g/mol. The number of carbonyl (C=O) groups excluding carboxylic acids is 1. The van der Waals surface area contributed by atoms with Gasteiger partial charge >= 0.3 is 0 Å². The SMILES string of the molecule is CNC(=O)CCNc1nc(C)cs1. The van der Waals surface area contributed by atoms with Crippen molar-refractivity contribution >= 4 is 22.4 Å². The number of amides is 1. The van der Waals surface area contributed by atoms with E-state index in [0.717, 1.165) is 10.8 Å². The van der Waals surface area contributed by atoms with Crippen LogP contribution >= 0.6 is 11.3 Å². The topological polar surface area (TPSA) is 54.0 Å². The first-order valence-corrected chi connectivity index (χ1v) is 4.97. The van der Waals surface area contributed by atoms with Crippen LogP contribution in [0.25, 0.3) is 0 Å². The van der Waals surface area contributed by atoms with Crippen molar-refractivity contribution in [2.45, 2.75) is 13.3 Å². The fourth-order valence-corrected chi connectivity index (χ4v) is 1.56. The molecule has 1 heterocycles. The van der Waals surface area contributed by atoms with Crippen LogP contribution in [0.4, 0.5) is 5.13 Å². The second-order valence-corrected chi connectivity index (χ2v) is 3.50. The molecule has 1 aromatic heterocycles. The zero-order valence-corrected chi connectivity index (χ0v) is 8.57. The van der Waals surface area contributed by atoms with Gasteiger partial charge in [0.25, 0.3) is 0 Å². The second kappa shape index (κ2) is 4.81. The number of thiazole rings is 1. The summed E-state index contributed by atoms with van der Waals surface area (Å²) in [6.07, 6.45) is 0.481.